The normalized spacial score (nSPS) is 21.2. The van der Waals surface area contributed by atoms with Gasteiger partial charge in [-0.3, -0.25) is 4.79 Å². The average molecular weight is 383 g/mol. The number of anilines is 1. The zero-order chi connectivity index (χ0) is 18.2. The molecule has 0 spiro atoms. The van der Waals surface area contributed by atoms with Gasteiger partial charge in [0.25, 0.3) is 0 Å². The van der Waals surface area contributed by atoms with E-state index in [2.05, 4.69) is 16.5 Å². The third-order valence-electron chi connectivity index (χ3n) is 4.58. The first-order valence-corrected chi connectivity index (χ1v) is 10.6. The molecular formula is C15H21N5O3S2. The van der Waals surface area contributed by atoms with Crippen LogP contribution >= 0.6 is 11.3 Å². The second-order valence-corrected chi connectivity index (χ2v) is 10.2. The Morgan fingerprint density at radius 1 is 1.44 bits per heavy atom. The number of likely N-dealkylation sites (tertiary alicyclic amines) is 1. The summed E-state index contributed by atoms with van der Waals surface area (Å²) >= 11 is 1.33. The predicted octanol–water partition coefficient (Wildman–Crippen LogP) is 0.981. The summed E-state index contributed by atoms with van der Waals surface area (Å²) in [6.07, 6.45) is 3.27. The number of fused-ring (bicyclic) bond motifs is 1. The zero-order valence-electron chi connectivity index (χ0n) is 14.2. The Labute approximate surface area is 151 Å². The Balaban J connectivity index is 1.67. The molecule has 10 heteroatoms. The van der Waals surface area contributed by atoms with Crippen LogP contribution in [0, 0.1) is 17.4 Å². The lowest BCUT2D eigenvalue weighted by atomic mass is 10.1. The van der Waals surface area contributed by atoms with Crippen molar-refractivity contribution in [3.8, 4) is 6.19 Å². The molecule has 1 N–H and O–H groups in total. The fraction of sp³-hybridized carbons (Fsp3) is 0.667. The van der Waals surface area contributed by atoms with E-state index in [4.69, 9.17) is 5.26 Å². The molecule has 1 saturated heterocycles. The van der Waals surface area contributed by atoms with Crippen molar-refractivity contribution in [3.63, 3.8) is 0 Å². The van der Waals surface area contributed by atoms with Gasteiger partial charge in [0.05, 0.1) is 16.9 Å². The second-order valence-electron chi connectivity index (χ2n) is 6.59. The molecule has 0 bridgehead atoms. The van der Waals surface area contributed by atoms with E-state index in [1.165, 1.54) is 15.6 Å². The van der Waals surface area contributed by atoms with E-state index in [1.807, 2.05) is 0 Å². The number of thiazole rings is 1. The predicted molar refractivity (Wildman–Crippen MR) is 94.2 cm³/mol. The third-order valence-corrected chi connectivity index (χ3v) is 7.80. The lowest BCUT2D eigenvalue weighted by Gasteiger charge is -2.26. The highest BCUT2D eigenvalue weighted by Gasteiger charge is 2.32. The van der Waals surface area contributed by atoms with E-state index in [-0.39, 0.29) is 11.8 Å². The minimum Gasteiger partial charge on any atom is -0.310 e. The van der Waals surface area contributed by atoms with Crippen LogP contribution in [0.2, 0.25) is 0 Å². The van der Waals surface area contributed by atoms with Crippen molar-refractivity contribution in [1.82, 2.24) is 14.2 Å². The monoisotopic (exact) mass is 383 g/mol. The summed E-state index contributed by atoms with van der Waals surface area (Å²) < 4.78 is 26.1. The number of amides is 1. The molecule has 2 aliphatic rings. The first-order chi connectivity index (χ1) is 11.8. The largest absolute Gasteiger partial charge is 0.310 e. The van der Waals surface area contributed by atoms with E-state index in [1.54, 1.807) is 18.7 Å². The summed E-state index contributed by atoms with van der Waals surface area (Å²) in [5.41, 5.74) is 0.862. The molecule has 1 amide bonds. The van der Waals surface area contributed by atoms with Gasteiger partial charge < -0.3 is 10.2 Å². The van der Waals surface area contributed by atoms with Crippen molar-refractivity contribution in [3.05, 3.63) is 10.6 Å². The highest BCUT2D eigenvalue weighted by molar-refractivity contribution is 7.89. The van der Waals surface area contributed by atoms with Gasteiger partial charge >= 0.3 is 0 Å². The first kappa shape index (κ1) is 18.1. The Kier molecular flexibility index (Phi) is 4.99. The van der Waals surface area contributed by atoms with E-state index in [0.29, 0.717) is 44.2 Å². The van der Waals surface area contributed by atoms with Gasteiger partial charge in [0.2, 0.25) is 15.9 Å². The van der Waals surface area contributed by atoms with Crippen molar-refractivity contribution in [2.24, 2.45) is 5.92 Å². The van der Waals surface area contributed by atoms with Crippen molar-refractivity contribution in [2.75, 3.05) is 25.0 Å². The highest BCUT2D eigenvalue weighted by Crippen LogP contribution is 2.31. The number of sulfonamides is 1. The molecular weight excluding hydrogens is 362 g/mol. The summed E-state index contributed by atoms with van der Waals surface area (Å²) in [6, 6.07) is 0. The maximum Gasteiger partial charge on any atom is 0.231 e. The lowest BCUT2D eigenvalue weighted by molar-refractivity contribution is -0.119. The van der Waals surface area contributed by atoms with Gasteiger partial charge in [-0.2, -0.15) is 9.57 Å². The van der Waals surface area contributed by atoms with Crippen molar-refractivity contribution < 1.29 is 13.2 Å². The van der Waals surface area contributed by atoms with Crippen LogP contribution in [0.5, 0.6) is 0 Å². The molecule has 1 aromatic heterocycles. The zero-order valence-corrected chi connectivity index (χ0v) is 15.9. The molecule has 2 aliphatic heterocycles. The van der Waals surface area contributed by atoms with Crippen LogP contribution in [0.4, 0.5) is 5.13 Å². The van der Waals surface area contributed by atoms with Gasteiger partial charge in [-0.1, -0.05) is 0 Å². The van der Waals surface area contributed by atoms with Crippen molar-refractivity contribution in [1.29, 1.82) is 5.26 Å². The molecule has 1 atom stereocenters. The molecule has 1 fully saturated rings. The number of aromatic nitrogens is 1. The number of nitriles is 1. The molecule has 0 aromatic carbocycles. The number of carbonyl (C=O) groups is 1. The Morgan fingerprint density at radius 3 is 2.84 bits per heavy atom. The van der Waals surface area contributed by atoms with Gasteiger partial charge in [-0.25, -0.2) is 13.4 Å². The summed E-state index contributed by atoms with van der Waals surface area (Å²) in [7, 11) is -3.29. The van der Waals surface area contributed by atoms with E-state index in [9.17, 15) is 13.2 Å². The Hall–Kier alpha value is -1.70. The molecule has 1 aromatic rings. The number of carbonyl (C=O) groups excluding carboxylic acids is 1. The number of hydrogen-bond acceptors (Lipinski definition) is 7. The van der Waals surface area contributed by atoms with Crippen molar-refractivity contribution >= 4 is 32.4 Å². The number of hydrogen-bond donors (Lipinski definition) is 1. The molecule has 8 nitrogen and oxygen atoms in total. The topological polar surface area (TPSA) is 106 Å². The summed E-state index contributed by atoms with van der Waals surface area (Å²) in [5.74, 6) is -0.339. The van der Waals surface area contributed by atoms with Gasteiger partial charge in [0.1, 0.15) is 0 Å². The molecule has 1 unspecified atom stereocenters. The SMILES string of the molecule is CC(C)S(=O)(=O)N1CCc2nc(NC(=O)C3CCN(C#N)C3)sc2C1. The van der Waals surface area contributed by atoms with Crippen LogP contribution in [0.25, 0.3) is 0 Å². The molecule has 3 heterocycles. The maximum atomic E-state index is 12.3. The molecule has 0 radical (unpaired) electrons. The lowest BCUT2D eigenvalue weighted by Crippen LogP contribution is -2.39. The average Bonchev–Trinajstić information content (AvgIpc) is 3.19. The third kappa shape index (κ3) is 3.63. The maximum absolute atomic E-state index is 12.3. The minimum absolute atomic E-state index is 0.129. The number of rotatable bonds is 4. The van der Waals surface area contributed by atoms with E-state index < -0.39 is 15.3 Å². The minimum atomic E-state index is -3.29. The van der Waals surface area contributed by atoms with Crippen LogP contribution in [0.3, 0.4) is 0 Å². The second kappa shape index (κ2) is 6.90. The van der Waals surface area contributed by atoms with Gasteiger partial charge in [0, 0.05) is 37.5 Å². The fourth-order valence-electron chi connectivity index (χ4n) is 3.01. The fourth-order valence-corrected chi connectivity index (χ4v) is 5.37. The van der Waals surface area contributed by atoms with Crippen LogP contribution in [0.15, 0.2) is 0 Å². The van der Waals surface area contributed by atoms with Gasteiger partial charge in [-0.15, -0.1) is 11.3 Å². The van der Waals surface area contributed by atoms with Gasteiger partial charge in [0.15, 0.2) is 11.3 Å². The molecule has 0 aliphatic carbocycles. The number of nitrogens with one attached hydrogen (secondary N) is 1. The summed E-state index contributed by atoms with van der Waals surface area (Å²) in [6.45, 7) is 5.13. The van der Waals surface area contributed by atoms with Crippen molar-refractivity contribution in [2.45, 2.75) is 38.5 Å². The highest BCUT2D eigenvalue weighted by atomic mass is 32.2. The standard InChI is InChI=1S/C15H21N5O3S2/c1-10(2)25(22,23)20-6-4-12-13(8-20)24-15(17-12)18-14(21)11-3-5-19(7-11)9-16/h10-11H,3-8H2,1-2H3,(H,17,18,21). The quantitative estimate of drug-likeness (QED) is 0.777. The van der Waals surface area contributed by atoms with Crippen LogP contribution in [-0.2, 0) is 27.8 Å². The molecule has 136 valence electrons. The smallest absolute Gasteiger partial charge is 0.231 e. The molecule has 3 rings (SSSR count). The Bertz CT molecular complexity index is 812. The van der Waals surface area contributed by atoms with Gasteiger partial charge in [-0.05, 0) is 20.3 Å². The van der Waals surface area contributed by atoms with Crippen LogP contribution in [0.1, 0.15) is 30.8 Å². The number of nitrogens with zero attached hydrogens (tertiary/aromatic N) is 4. The first-order valence-electron chi connectivity index (χ1n) is 8.24. The summed E-state index contributed by atoms with van der Waals surface area (Å²) in [5, 5.41) is 11.8. The molecule has 25 heavy (non-hydrogen) atoms. The Morgan fingerprint density at radius 2 is 2.20 bits per heavy atom. The summed E-state index contributed by atoms with van der Waals surface area (Å²) in [4.78, 5) is 19.2. The van der Waals surface area contributed by atoms with E-state index in [0.717, 1.165) is 10.6 Å². The van der Waals surface area contributed by atoms with Crippen LogP contribution in [-0.4, -0.2) is 53.4 Å². The van der Waals surface area contributed by atoms with E-state index >= 15 is 0 Å². The molecule has 0 saturated carbocycles. The van der Waals surface area contributed by atoms with Crippen LogP contribution < -0.4 is 5.32 Å².